The Kier molecular flexibility index (Phi) is 4.47. The molecule has 0 aromatic heterocycles. The molecule has 140 valence electrons. The summed E-state index contributed by atoms with van der Waals surface area (Å²) in [5, 5.41) is 10.9. The van der Waals surface area contributed by atoms with Gasteiger partial charge in [0, 0.05) is 18.3 Å². The lowest BCUT2D eigenvalue weighted by molar-refractivity contribution is -0.149. The predicted molar refractivity (Wildman–Crippen MR) is 100 cm³/mol. The fourth-order valence-corrected chi connectivity index (χ4v) is 7.81. The molecule has 4 heteroatoms. The van der Waals surface area contributed by atoms with E-state index in [1.807, 2.05) is 6.92 Å². The van der Waals surface area contributed by atoms with Crippen LogP contribution in [-0.2, 0) is 9.59 Å². The van der Waals surface area contributed by atoms with Crippen molar-refractivity contribution in [3.8, 4) is 0 Å². The van der Waals surface area contributed by atoms with Crippen LogP contribution in [0, 0.1) is 40.9 Å². The average molecular weight is 411 g/mol. The van der Waals surface area contributed by atoms with Crippen LogP contribution in [0.25, 0.3) is 0 Å². The number of carbonyl (C=O) groups excluding carboxylic acids is 2. The molecule has 0 radical (unpaired) electrons. The lowest BCUT2D eigenvalue weighted by atomic mass is 9.48. The molecule has 0 aromatic rings. The van der Waals surface area contributed by atoms with Crippen molar-refractivity contribution in [1.82, 2.24) is 0 Å². The van der Waals surface area contributed by atoms with Gasteiger partial charge in [-0.1, -0.05) is 22.9 Å². The molecule has 0 unspecified atom stereocenters. The molecule has 4 rings (SSSR count). The number of Topliss-reactive ketones (excluding diaryl/α,β-unsaturated/α-hetero) is 2. The van der Waals surface area contributed by atoms with Crippen LogP contribution in [0.3, 0.4) is 0 Å². The van der Waals surface area contributed by atoms with E-state index >= 15 is 0 Å². The van der Waals surface area contributed by atoms with Crippen LogP contribution in [-0.4, -0.2) is 27.6 Å². The smallest absolute Gasteiger partial charge is 0.147 e. The molecule has 0 heterocycles. The number of carbonyl (C=O) groups is 2. The molecule has 3 nitrogen and oxygen atoms in total. The number of rotatable bonds is 2. The van der Waals surface area contributed by atoms with Crippen LogP contribution in [0.15, 0.2) is 0 Å². The Morgan fingerprint density at radius 1 is 1.12 bits per heavy atom. The molecular formula is C21H31BrO3. The molecule has 0 aliphatic heterocycles. The molecule has 4 fully saturated rings. The van der Waals surface area contributed by atoms with E-state index in [9.17, 15) is 14.7 Å². The predicted octanol–water partition coefficient (Wildman–Crippen LogP) is 4.15. The van der Waals surface area contributed by atoms with Crippen LogP contribution < -0.4 is 0 Å². The third kappa shape index (κ3) is 2.77. The van der Waals surface area contributed by atoms with Gasteiger partial charge in [-0.05, 0) is 81.0 Å². The highest BCUT2D eigenvalue weighted by atomic mass is 79.9. The van der Waals surface area contributed by atoms with Crippen molar-refractivity contribution < 1.29 is 14.7 Å². The Morgan fingerprint density at radius 2 is 1.84 bits per heavy atom. The molecule has 0 bridgehead atoms. The second kappa shape index (κ2) is 6.15. The fraction of sp³-hybridized carbons (Fsp3) is 0.905. The van der Waals surface area contributed by atoms with Gasteiger partial charge >= 0.3 is 0 Å². The van der Waals surface area contributed by atoms with Gasteiger partial charge in [-0.2, -0.15) is 0 Å². The zero-order valence-corrected chi connectivity index (χ0v) is 17.1. The SMILES string of the molecule is C[C@]1(O)CC[C@@H]2[C@H]3CC[C@]4(C)[C@@H](C(=O)CBr)CC[C@H]4[C@@H]3CC(=O)[C@H]2C1. The summed E-state index contributed by atoms with van der Waals surface area (Å²) in [5.41, 5.74) is -0.563. The fourth-order valence-electron chi connectivity index (χ4n) is 7.42. The van der Waals surface area contributed by atoms with E-state index in [4.69, 9.17) is 0 Å². The zero-order chi connectivity index (χ0) is 18.0. The average Bonchev–Trinajstić information content (AvgIpc) is 2.91. The van der Waals surface area contributed by atoms with E-state index in [0.29, 0.717) is 53.4 Å². The van der Waals surface area contributed by atoms with Gasteiger partial charge in [-0.15, -0.1) is 0 Å². The van der Waals surface area contributed by atoms with E-state index < -0.39 is 5.60 Å². The van der Waals surface area contributed by atoms with Crippen LogP contribution in [0.4, 0.5) is 0 Å². The highest BCUT2D eigenvalue weighted by molar-refractivity contribution is 9.09. The maximum atomic E-state index is 13.0. The number of fused-ring (bicyclic) bond motifs is 5. The maximum absolute atomic E-state index is 13.0. The second-order valence-electron chi connectivity index (χ2n) is 9.89. The summed E-state index contributed by atoms with van der Waals surface area (Å²) < 4.78 is 0. The molecule has 1 N–H and O–H groups in total. The van der Waals surface area contributed by atoms with Gasteiger partial charge < -0.3 is 5.11 Å². The van der Waals surface area contributed by atoms with Gasteiger partial charge in [0.2, 0.25) is 0 Å². The number of ketones is 2. The van der Waals surface area contributed by atoms with Crippen molar-refractivity contribution in [2.24, 2.45) is 40.9 Å². The van der Waals surface area contributed by atoms with Gasteiger partial charge in [0.25, 0.3) is 0 Å². The van der Waals surface area contributed by atoms with E-state index in [1.165, 1.54) is 6.42 Å². The topological polar surface area (TPSA) is 54.4 Å². The lowest BCUT2D eigenvalue weighted by Crippen LogP contribution is -2.53. The van der Waals surface area contributed by atoms with Crippen LogP contribution in [0.2, 0.25) is 0 Å². The van der Waals surface area contributed by atoms with Gasteiger partial charge in [0.1, 0.15) is 11.6 Å². The van der Waals surface area contributed by atoms with E-state index in [-0.39, 0.29) is 17.3 Å². The van der Waals surface area contributed by atoms with Crippen molar-refractivity contribution in [1.29, 1.82) is 0 Å². The first-order chi connectivity index (χ1) is 11.8. The van der Waals surface area contributed by atoms with Crippen molar-refractivity contribution >= 4 is 27.5 Å². The Hall–Kier alpha value is -0.220. The van der Waals surface area contributed by atoms with E-state index in [2.05, 4.69) is 22.9 Å². The normalized spacial score (nSPS) is 52.2. The monoisotopic (exact) mass is 410 g/mol. The largest absolute Gasteiger partial charge is 0.390 e. The number of hydrogen-bond acceptors (Lipinski definition) is 3. The highest BCUT2D eigenvalue weighted by Crippen LogP contribution is 2.64. The van der Waals surface area contributed by atoms with Crippen molar-refractivity contribution in [2.45, 2.75) is 70.8 Å². The van der Waals surface area contributed by atoms with Crippen LogP contribution in [0.1, 0.15) is 65.2 Å². The van der Waals surface area contributed by atoms with Gasteiger partial charge in [-0.3, -0.25) is 9.59 Å². The molecule has 4 aliphatic carbocycles. The van der Waals surface area contributed by atoms with Gasteiger partial charge in [0.15, 0.2) is 0 Å². The van der Waals surface area contributed by atoms with Crippen molar-refractivity contribution in [3.63, 3.8) is 0 Å². The Labute approximate surface area is 159 Å². The molecule has 25 heavy (non-hydrogen) atoms. The third-order valence-electron chi connectivity index (χ3n) is 8.61. The summed E-state index contributed by atoms with van der Waals surface area (Å²) in [4.78, 5) is 25.4. The Morgan fingerprint density at radius 3 is 2.56 bits per heavy atom. The van der Waals surface area contributed by atoms with Gasteiger partial charge in [0.05, 0.1) is 10.9 Å². The summed E-state index contributed by atoms with van der Waals surface area (Å²) in [7, 11) is 0. The quantitative estimate of drug-likeness (QED) is 0.695. The van der Waals surface area contributed by atoms with Crippen molar-refractivity contribution in [2.75, 3.05) is 5.33 Å². The molecule has 4 aliphatic rings. The molecule has 0 amide bonds. The van der Waals surface area contributed by atoms with Crippen LogP contribution >= 0.6 is 15.9 Å². The first-order valence-corrected chi connectivity index (χ1v) is 11.2. The zero-order valence-electron chi connectivity index (χ0n) is 15.5. The number of aliphatic hydroxyl groups is 1. The Bertz CT molecular complexity index is 586. The van der Waals surface area contributed by atoms with E-state index in [1.54, 1.807) is 0 Å². The first kappa shape index (κ1) is 18.2. The minimum atomic E-state index is -0.659. The van der Waals surface area contributed by atoms with Crippen molar-refractivity contribution in [3.05, 3.63) is 0 Å². The molecule has 8 atom stereocenters. The molecule has 0 saturated heterocycles. The number of hydrogen-bond donors (Lipinski definition) is 1. The Balaban J connectivity index is 1.59. The minimum absolute atomic E-state index is 0.0794. The molecule has 4 saturated carbocycles. The van der Waals surface area contributed by atoms with Gasteiger partial charge in [-0.25, -0.2) is 0 Å². The van der Waals surface area contributed by atoms with E-state index in [0.717, 1.165) is 32.1 Å². The van der Waals surface area contributed by atoms with Crippen LogP contribution in [0.5, 0.6) is 0 Å². The minimum Gasteiger partial charge on any atom is -0.390 e. The number of alkyl halides is 1. The summed E-state index contributed by atoms with van der Waals surface area (Å²) in [6.45, 7) is 4.22. The maximum Gasteiger partial charge on any atom is 0.147 e. The summed E-state index contributed by atoms with van der Waals surface area (Å²) in [6, 6.07) is 0. The molecular weight excluding hydrogens is 380 g/mol. The first-order valence-electron chi connectivity index (χ1n) is 10.1. The highest BCUT2D eigenvalue weighted by Gasteiger charge is 2.60. The number of halogens is 1. The third-order valence-corrected chi connectivity index (χ3v) is 9.16. The standard InChI is InChI=1S/C21H31BrO3/c1-20(25)7-5-13-12-6-8-21(2)16(3-4-17(21)19(24)11-22)14(12)9-18(23)15(13)10-20/h12-17,25H,3-11H2,1-2H3/t12-,13-,14-,15+,16+,17-,20+,21+/m1/s1. The lowest BCUT2D eigenvalue weighted by Gasteiger charge is -2.56. The summed E-state index contributed by atoms with van der Waals surface area (Å²) in [6.07, 6.45) is 7.60. The second-order valence-corrected chi connectivity index (χ2v) is 10.4. The molecule has 0 aromatic carbocycles. The summed E-state index contributed by atoms with van der Waals surface area (Å²) in [5.74, 6) is 3.13. The molecule has 0 spiro atoms. The summed E-state index contributed by atoms with van der Waals surface area (Å²) >= 11 is 3.37.